The molecule has 114 valence electrons. The normalized spacial score (nSPS) is 17.8. The van der Waals surface area contributed by atoms with Crippen molar-refractivity contribution in [1.82, 2.24) is 9.80 Å². The zero-order chi connectivity index (χ0) is 15.4. The van der Waals surface area contributed by atoms with Crippen LogP contribution in [0.15, 0.2) is 28.7 Å². The fourth-order valence-corrected chi connectivity index (χ4v) is 3.08. The van der Waals surface area contributed by atoms with Crippen LogP contribution in [-0.2, 0) is 11.3 Å². The fourth-order valence-electron chi connectivity index (χ4n) is 2.67. The number of hydrogen-bond acceptors (Lipinski definition) is 2. The van der Waals surface area contributed by atoms with Gasteiger partial charge in [-0.2, -0.15) is 0 Å². The van der Waals surface area contributed by atoms with Crippen LogP contribution >= 0.6 is 15.9 Å². The van der Waals surface area contributed by atoms with Crippen molar-refractivity contribution in [1.29, 1.82) is 0 Å². The van der Waals surface area contributed by atoms with Crippen LogP contribution in [0.1, 0.15) is 24.8 Å². The molecule has 1 aliphatic heterocycles. The number of carboxylic acids is 1. The highest BCUT2D eigenvalue weighted by molar-refractivity contribution is 9.10. The largest absolute Gasteiger partial charge is 0.481 e. The van der Waals surface area contributed by atoms with E-state index in [-0.39, 0.29) is 18.5 Å². The van der Waals surface area contributed by atoms with E-state index in [0.717, 1.165) is 22.9 Å². The van der Waals surface area contributed by atoms with E-state index in [0.29, 0.717) is 13.1 Å². The Labute approximate surface area is 132 Å². The van der Waals surface area contributed by atoms with Crippen LogP contribution in [0.4, 0.5) is 4.79 Å². The second kappa shape index (κ2) is 6.93. The molecule has 0 aliphatic carbocycles. The molecule has 1 N–H and O–H groups in total. The minimum Gasteiger partial charge on any atom is -0.481 e. The molecule has 1 unspecified atom stereocenters. The van der Waals surface area contributed by atoms with E-state index in [9.17, 15) is 9.59 Å². The number of carbonyl (C=O) groups is 2. The number of nitrogens with zero attached hydrogens (tertiary/aromatic N) is 2. The second-order valence-corrected chi connectivity index (χ2v) is 6.17. The van der Waals surface area contributed by atoms with E-state index < -0.39 is 5.97 Å². The topological polar surface area (TPSA) is 60.9 Å². The van der Waals surface area contributed by atoms with Crippen molar-refractivity contribution >= 4 is 27.9 Å². The first kappa shape index (κ1) is 15.8. The first-order chi connectivity index (χ1) is 9.99. The maximum Gasteiger partial charge on any atom is 0.320 e. The van der Waals surface area contributed by atoms with Crippen LogP contribution in [0.3, 0.4) is 0 Å². The summed E-state index contributed by atoms with van der Waals surface area (Å²) in [4.78, 5) is 26.7. The zero-order valence-electron chi connectivity index (χ0n) is 12.0. The summed E-state index contributed by atoms with van der Waals surface area (Å²) in [6, 6.07) is 7.48. The van der Waals surface area contributed by atoms with Gasteiger partial charge in [-0.25, -0.2) is 4.79 Å². The third kappa shape index (κ3) is 3.97. The van der Waals surface area contributed by atoms with Gasteiger partial charge in [-0.05, 0) is 24.5 Å². The van der Waals surface area contributed by atoms with Gasteiger partial charge in [-0.15, -0.1) is 0 Å². The van der Waals surface area contributed by atoms with Gasteiger partial charge in [0.1, 0.15) is 0 Å². The highest BCUT2D eigenvalue weighted by Crippen LogP contribution is 2.23. The lowest BCUT2D eigenvalue weighted by atomic mass is 10.1. The minimum absolute atomic E-state index is 0.0224. The summed E-state index contributed by atoms with van der Waals surface area (Å²) in [6.45, 7) is 1.13. The first-order valence-corrected chi connectivity index (χ1v) is 7.75. The second-order valence-electron chi connectivity index (χ2n) is 5.32. The van der Waals surface area contributed by atoms with Crippen molar-refractivity contribution in [2.75, 3.05) is 13.6 Å². The van der Waals surface area contributed by atoms with E-state index in [2.05, 4.69) is 15.9 Å². The molecular formula is C15H19BrN2O3. The van der Waals surface area contributed by atoms with Crippen LogP contribution in [0.25, 0.3) is 0 Å². The summed E-state index contributed by atoms with van der Waals surface area (Å²) < 4.78 is 0.966. The molecular weight excluding hydrogens is 336 g/mol. The molecule has 0 spiro atoms. The smallest absolute Gasteiger partial charge is 0.320 e. The van der Waals surface area contributed by atoms with E-state index in [1.54, 1.807) is 16.8 Å². The number of rotatable bonds is 4. The van der Waals surface area contributed by atoms with Crippen molar-refractivity contribution in [3.63, 3.8) is 0 Å². The molecule has 0 bridgehead atoms. The number of urea groups is 1. The number of carboxylic acid groups (broad SMARTS) is 1. The summed E-state index contributed by atoms with van der Waals surface area (Å²) >= 11 is 3.47. The molecule has 1 fully saturated rings. The lowest BCUT2D eigenvalue weighted by Crippen LogP contribution is -2.44. The maximum absolute atomic E-state index is 12.5. The molecule has 1 aromatic carbocycles. The number of hydrogen-bond donors (Lipinski definition) is 1. The number of amides is 2. The predicted octanol–water partition coefficient (Wildman–Crippen LogP) is 2.94. The third-order valence-corrected chi connectivity index (χ3v) is 4.50. The Morgan fingerprint density at radius 3 is 2.81 bits per heavy atom. The van der Waals surface area contributed by atoms with Crippen molar-refractivity contribution in [2.45, 2.75) is 31.8 Å². The van der Waals surface area contributed by atoms with E-state index in [4.69, 9.17) is 5.11 Å². The maximum atomic E-state index is 12.5. The van der Waals surface area contributed by atoms with Gasteiger partial charge in [0.05, 0.1) is 6.42 Å². The monoisotopic (exact) mass is 354 g/mol. The van der Waals surface area contributed by atoms with Crippen LogP contribution in [0.5, 0.6) is 0 Å². The third-order valence-electron chi connectivity index (χ3n) is 3.72. The molecule has 1 saturated heterocycles. The average molecular weight is 355 g/mol. The van der Waals surface area contributed by atoms with E-state index >= 15 is 0 Å². The predicted molar refractivity (Wildman–Crippen MR) is 83.0 cm³/mol. The number of halogens is 1. The van der Waals surface area contributed by atoms with Crippen molar-refractivity contribution in [3.05, 3.63) is 34.3 Å². The zero-order valence-corrected chi connectivity index (χ0v) is 13.5. The van der Waals surface area contributed by atoms with Gasteiger partial charge in [0.2, 0.25) is 0 Å². The summed E-state index contributed by atoms with van der Waals surface area (Å²) in [5.41, 5.74) is 1.03. The fraction of sp³-hybridized carbons (Fsp3) is 0.467. The quantitative estimate of drug-likeness (QED) is 0.903. The van der Waals surface area contributed by atoms with Gasteiger partial charge < -0.3 is 14.9 Å². The number of likely N-dealkylation sites (tertiary alicyclic amines) is 1. The lowest BCUT2D eigenvalue weighted by Gasteiger charge is -2.29. The van der Waals surface area contributed by atoms with E-state index in [1.165, 1.54) is 0 Å². The number of aliphatic carboxylic acids is 1. The molecule has 6 heteroatoms. The Hall–Kier alpha value is -1.56. The summed E-state index contributed by atoms with van der Waals surface area (Å²) in [7, 11) is 1.75. The molecule has 2 amide bonds. The van der Waals surface area contributed by atoms with Crippen molar-refractivity contribution in [3.8, 4) is 0 Å². The highest BCUT2D eigenvalue weighted by Gasteiger charge is 2.32. The van der Waals surface area contributed by atoms with Crippen LogP contribution in [0, 0.1) is 0 Å². The van der Waals surface area contributed by atoms with Gasteiger partial charge in [-0.1, -0.05) is 34.1 Å². The van der Waals surface area contributed by atoms with Crippen LogP contribution in [0.2, 0.25) is 0 Å². The molecule has 1 aromatic rings. The number of benzene rings is 1. The minimum atomic E-state index is -0.854. The van der Waals surface area contributed by atoms with Crippen molar-refractivity contribution in [2.24, 2.45) is 0 Å². The Bertz CT molecular complexity index is 535. The SMILES string of the molecule is CN(Cc1ccccc1Br)C(=O)N1CCCC1CC(=O)O. The van der Waals surface area contributed by atoms with Gasteiger partial charge >= 0.3 is 12.0 Å². The Morgan fingerprint density at radius 1 is 1.43 bits per heavy atom. The summed E-state index contributed by atoms with van der Waals surface area (Å²) in [5.74, 6) is -0.854. The molecule has 1 heterocycles. The molecule has 2 rings (SSSR count). The Balaban J connectivity index is 2.02. The standard InChI is InChI=1S/C15H19BrN2O3/c1-17(10-11-5-2-3-7-13(11)16)15(21)18-8-4-6-12(18)9-14(19)20/h2-3,5,7,12H,4,6,8-10H2,1H3,(H,19,20). The average Bonchev–Trinajstić information content (AvgIpc) is 2.87. The molecule has 0 radical (unpaired) electrons. The van der Waals surface area contributed by atoms with Gasteiger partial charge in [0.25, 0.3) is 0 Å². The first-order valence-electron chi connectivity index (χ1n) is 6.96. The Kier molecular flexibility index (Phi) is 5.22. The molecule has 1 aliphatic rings. The number of carbonyl (C=O) groups excluding carboxylic acids is 1. The van der Waals surface area contributed by atoms with Crippen LogP contribution in [-0.4, -0.2) is 46.5 Å². The van der Waals surface area contributed by atoms with Crippen LogP contribution < -0.4 is 0 Å². The molecule has 0 aromatic heterocycles. The molecule has 5 nitrogen and oxygen atoms in total. The van der Waals surface area contributed by atoms with E-state index in [1.807, 2.05) is 24.3 Å². The molecule has 21 heavy (non-hydrogen) atoms. The van der Waals surface area contributed by atoms with Gasteiger partial charge in [0, 0.05) is 30.7 Å². The molecule has 0 saturated carbocycles. The summed E-state index contributed by atoms with van der Waals surface area (Å²) in [6.07, 6.45) is 1.65. The van der Waals surface area contributed by atoms with Crippen molar-refractivity contribution < 1.29 is 14.7 Å². The Morgan fingerprint density at radius 2 is 2.14 bits per heavy atom. The van der Waals surface area contributed by atoms with Gasteiger partial charge in [0.15, 0.2) is 0 Å². The highest BCUT2D eigenvalue weighted by atomic mass is 79.9. The summed E-state index contributed by atoms with van der Waals surface area (Å²) in [5, 5.41) is 8.93. The van der Waals surface area contributed by atoms with Gasteiger partial charge in [-0.3, -0.25) is 4.79 Å². The molecule has 1 atom stereocenters. The lowest BCUT2D eigenvalue weighted by molar-refractivity contribution is -0.138.